The summed E-state index contributed by atoms with van der Waals surface area (Å²) in [6, 6.07) is 26.5. The van der Waals surface area contributed by atoms with Crippen LogP contribution in [0.2, 0.25) is 10.0 Å². The van der Waals surface area contributed by atoms with E-state index in [9.17, 15) is 14.4 Å². The molecular weight excluding hydrogens is 603 g/mol. The smallest absolute Gasteiger partial charge is 0.343 e. The minimum atomic E-state index is -0.761. The number of hydrogen-bond acceptors (Lipinski definition) is 4. The first-order valence-corrected chi connectivity index (χ1v) is 13.3. The van der Waals surface area contributed by atoms with E-state index in [-0.39, 0.29) is 12.2 Å². The summed E-state index contributed by atoms with van der Waals surface area (Å²) in [6.07, 6.45) is 1.44. The third kappa shape index (κ3) is 5.61. The summed E-state index contributed by atoms with van der Waals surface area (Å²) < 4.78 is 6.75. The maximum absolute atomic E-state index is 13.7. The molecule has 39 heavy (non-hydrogen) atoms. The van der Waals surface area contributed by atoms with E-state index in [1.54, 1.807) is 97.1 Å². The zero-order chi connectivity index (χ0) is 27.5. The summed E-state index contributed by atoms with van der Waals surface area (Å²) >= 11 is 15.7. The van der Waals surface area contributed by atoms with Crippen molar-refractivity contribution in [1.82, 2.24) is 0 Å². The van der Waals surface area contributed by atoms with Crippen LogP contribution in [0.25, 0.3) is 6.08 Å². The Balaban J connectivity index is 1.57. The Kier molecular flexibility index (Phi) is 7.84. The van der Waals surface area contributed by atoms with Crippen LogP contribution in [0.1, 0.15) is 11.1 Å². The van der Waals surface area contributed by atoms with Gasteiger partial charge in [-0.15, -0.1) is 0 Å². The van der Waals surface area contributed by atoms with E-state index in [0.29, 0.717) is 42.8 Å². The number of para-hydroxylation sites is 2. The lowest BCUT2D eigenvalue weighted by atomic mass is 10.0. The molecule has 1 aliphatic heterocycles. The van der Waals surface area contributed by atoms with Gasteiger partial charge in [0.1, 0.15) is 17.9 Å². The topological polar surface area (TPSA) is 66.9 Å². The maximum Gasteiger partial charge on any atom is 0.343 e. The molecule has 4 aromatic rings. The van der Waals surface area contributed by atoms with Gasteiger partial charge in [0.05, 0.1) is 11.4 Å². The summed E-state index contributed by atoms with van der Waals surface area (Å²) in [5.41, 5.74) is 1.66. The van der Waals surface area contributed by atoms with Crippen molar-refractivity contribution in [2.24, 2.45) is 0 Å². The second-order valence-electron chi connectivity index (χ2n) is 8.50. The molecule has 1 fully saturated rings. The highest BCUT2D eigenvalue weighted by Crippen LogP contribution is 2.33. The zero-order valence-electron chi connectivity index (χ0n) is 20.2. The summed E-state index contributed by atoms with van der Waals surface area (Å²) in [4.78, 5) is 42.9. The van der Waals surface area contributed by atoms with Gasteiger partial charge in [-0.05, 0) is 60.7 Å². The SMILES string of the molecule is O=C1C(=Cc2cc(Br)ccc2OCc2ccc(Cl)cc2Cl)C(=O)N(c2ccccc2)C(=O)N1c1ccccc1. The number of halogens is 3. The van der Waals surface area contributed by atoms with Gasteiger partial charge < -0.3 is 4.74 Å². The molecule has 0 atom stereocenters. The first-order chi connectivity index (χ1) is 18.8. The normalized spacial score (nSPS) is 13.6. The number of carbonyl (C=O) groups is 3. The van der Waals surface area contributed by atoms with Crippen molar-refractivity contribution in [3.05, 3.63) is 128 Å². The maximum atomic E-state index is 13.7. The van der Waals surface area contributed by atoms with Crippen LogP contribution in [0.5, 0.6) is 5.75 Å². The number of rotatable bonds is 6. The highest BCUT2D eigenvalue weighted by Gasteiger charge is 2.43. The largest absolute Gasteiger partial charge is 0.488 e. The van der Waals surface area contributed by atoms with Crippen LogP contribution in [0.15, 0.2) is 107 Å². The van der Waals surface area contributed by atoms with E-state index in [1.807, 2.05) is 0 Å². The third-order valence-corrected chi connectivity index (χ3v) is 7.03. The number of anilines is 2. The van der Waals surface area contributed by atoms with Crippen LogP contribution in [0.4, 0.5) is 16.2 Å². The summed E-state index contributed by atoms with van der Waals surface area (Å²) in [7, 11) is 0. The van der Waals surface area contributed by atoms with E-state index in [4.69, 9.17) is 27.9 Å². The number of hydrogen-bond donors (Lipinski definition) is 0. The lowest BCUT2D eigenvalue weighted by molar-refractivity contribution is -0.121. The van der Waals surface area contributed by atoms with Crippen molar-refractivity contribution in [2.45, 2.75) is 6.61 Å². The molecule has 1 aliphatic rings. The van der Waals surface area contributed by atoms with Crippen LogP contribution in [0.3, 0.4) is 0 Å². The van der Waals surface area contributed by atoms with Crippen molar-refractivity contribution in [2.75, 3.05) is 9.80 Å². The first-order valence-electron chi connectivity index (χ1n) is 11.7. The van der Waals surface area contributed by atoms with Crippen LogP contribution in [-0.2, 0) is 16.2 Å². The number of carbonyl (C=O) groups excluding carboxylic acids is 3. The fourth-order valence-electron chi connectivity index (χ4n) is 4.05. The van der Waals surface area contributed by atoms with Gasteiger partial charge in [-0.3, -0.25) is 9.59 Å². The van der Waals surface area contributed by atoms with Gasteiger partial charge in [-0.25, -0.2) is 14.6 Å². The van der Waals surface area contributed by atoms with Gasteiger partial charge >= 0.3 is 6.03 Å². The molecule has 0 spiro atoms. The fourth-order valence-corrected chi connectivity index (χ4v) is 4.89. The van der Waals surface area contributed by atoms with Gasteiger partial charge in [0.2, 0.25) is 0 Å². The molecule has 0 saturated carbocycles. The predicted molar refractivity (Wildman–Crippen MR) is 156 cm³/mol. The first kappa shape index (κ1) is 26.7. The molecule has 1 heterocycles. The number of urea groups is 1. The van der Waals surface area contributed by atoms with Crippen LogP contribution < -0.4 is 14.5 Å². The number of imide groups is 2. The summed E-state index contributed by atoms with van der Waals surface area (Å²) in [5.74, 6) is -1.07. The van der Waals surface area contributed by atoms with Gasteiger partial charge in [-0.1, -0.05) is 81.6 Å². The van der Waals surface area contributed by atoms with E-state index in [0.717, 1.165) is 9.80 Å². The third-order valence-electron chi connectivity index (χ3n) is 5.95. The Hall–Kier alpha value is -3.91. The minimum absolute atomic E-state index is 0.125. The molecule has 0 aromatic heterocycles. The Morgan fingerprint density at radius 2 is 1.33 bits per heavy atom. The molecule has 194 valence electrons. The van der Waals surface area contributed by atoms with E-state index >= 15 is 0 Å². The lowest BCUT2D eigenvalue weighted by Gasteiger charge is -2.34. The Bertz CT molecular complexity index is 1550. The predicted octanol–water partition coefficient (Wildman–Crippen LogP) is 7.92. The molecule has 6 nitrogen and oxygen atoms in total. The van der Waals surface area contributed by atoms with Gasteiger partial charge in [-0.2, -0.15) is 0 Å². The van der Waals surface area contributed by atoms with Crippen LogP contribution in [0, 0.1) is 0 Å². The van der Waals surface area contributed by atoms with Crippen molar-refractivity contribution in [3.63, 3.8) is 0 Å². The van der Waals surface area contributed by atoms with E-state index < -0.39 is 17.8 Å². The van der Waals surface area contributed by atoms with E-state index in [1.165, 1.54) is 6.08 Å². The lowest BCUT2D eigenvalue weighted by Crippen LogP contribution is -2.57. The number of nitrogens with zero attached hydrogens (tertiary/aromatic N) is 2. The molecule has 1 saturated heterocycles. The summed E-state index contributed by atoms with van der Waals surface area (Å²) in [6.45, 7) is 0.125. The number of ether oxygens (including phenoxy) is 1. The molecule has 0 unspecified atom stereocenters. The minimum Gasteiger partial charge on any atom is -0.488 e. The van der Waals surface area contributed by atoms with Gasteiger partial charge in [0, 0.05) is 25.6 Å². The molecular formula is C30H19BrCl2N2O4. The number of amides is 4. The average molecular weight is 622 g/mol. The highest BCUT2D eigenvalue weighted by atomic mass is 79.9. The monoisotopic (exact) mass is 620 g/mol. The van der Waals surface area contributed by atoms with Gasteiger partial charge in [0.15, 0.2) is 0 Å². The fraction of sp³-hybridized carbons (Fsp3) is 0.0333. The highest BCUT2D eigenvalue weighted by molar-refractivity contribution is 9.10. The zero-order valence-corrected chi connectivity index (χ0v) is 23.3. The average Bonchev–Trinajstić information content (AvgIpc) is 2.93. The second-order valence-corrected chi connectivity index (χ2v) is 10.3. The molecule has 4 amide bonds. The molecule has 4 aromatic carbocycles. The Morgan fingerprint density at radius 3 is 1.90 bits per heavy atom. The van der Waals surface area contributed by atoms with Crippen molar-refractivity contribution < 1.29 is 19.1 Å². The van der Waals surface area contributed by atoms with Crippen LogP contribution in [-0.4, -0.2) is 17.8 Å². The molecule has 9 heteroatoms. The standard InChI is InChI=1S/C30H19BrCl2N2O4/c31-21-12-14-27(39-18-19-11-13-22(32)17-26(19)33)20(15-21)16-25-28(36)34(23-7-3-1-4-8-23)30(38)35(29(25)37)24-9-5-2-6-10-24/h1-17H,18H2. The van der Waals surface area contributed by atoms with Crippen molar-refractivity contribution in [3.8, 4) is 5.75 Å². The molecule has 0 bridgehead atoms. The van der Waals surface area contributed by atoms with Crippen molar-refractivity contribution in [1.29, 1.82) is 0 Å². The number of benzene rings is 4. The van der Waals surface area contributed by atoms with E-state index in [2.05, 4.69) is 15.9 Å². The molecule has 0 aliphatic carbocycles. The molecule has 5 rings (SSSR count). The Morgan fingerprint density at radius 1 is 0.744 bits per heavy atom. The molecule has 0 radical (unpaired) electrons. The quantitative estimate of drug-likeness (QED) is 0.162. The van der Waals surface area contributed by atoms with Crippen molar-refractivity contribution >= 4 is 74.4 Å². The number of barbiturate groups is 1. The molecule has 0 N–H and O–H groups in total. The second kappa shape index (κ2) is 11.5. The Labute approximate surface area is 243 Å². The van der Waals surface area contributed by atoms with Gasteiger partial charge in [0.25, 0.3) is 11.8 Å². The summed E-state index contributed by atoms with van der Waals surface area (Å²) in [5, 5.41) is 0.959. The van der Waals surface area contributed by atoms with Crippen LogP contribution >= 0.6 is 39.1 Å².